The van der Waals surface area contributed by atoms with Crippen LogP contribution in [0.15, 0.2) is 109 Å². The first-order valence-electron chi connectivity index (χ1n) is 11.3. The largest absolute Gasteiger partial charge is 0.339 e. The van der Waals surface area contributed by atoms with E-state index < -0.39 is 7.26 Å². The van der Waals surface area contributed by atoms with E-state index in [1.54, 1.807) is 0 Å². The lowest BCUT2D eigenvalue weighted by molar-refractivity contribution is 0.812. The van der Waals surface area contributed by atoms with Crippen molar-refractivity contribution in [3.8, 4) is 17.3 Å². The second-order valence-electron chi connectivity index (χ2n) is 8.45. The first kappa shape index (κ1) is 22.4. The van der Waals surface area contributed by atoms with Gasteiger partial charge in [0, 0.05) is 28.9 Å². The zero-order valence-electron chi connectivity index (χ0n) is 19.0. The van der Waals surface area contributed by atoms with Crippen LogP contribution in [0.25, 0.3) is 22.2 Å². The molecular formula is C30H25ClN2P+. The monoisotopic (exact) mass is 479 g/mol. The van der Waals surface area contributed by atoms with Crippen molar-refractivity contribution in [2.24, 2.45) is 0 Å². The topological polar surface area (TPSA) is 28.7 Å². The fourth-order valence-electron chi connectivity index (χ4n) is 4.83. The van der Waals surface area contributed by atoms with Crippen LogP contribution in [-0.4, -0.2) is 17.1 Å². The fourth-order valence-corrected chi connectivity index (χ4v) is 8.45. The van der Waals surface area contributed by atoms with Crippen molar-refractivity contribution in [3.63, 3.8) is 0 Å². The average Bonchev–Trinajstić information content (AvgIpc) is 3.27. The van der Waals surface area contributed by atoms with E-state index in [4.69, 9.17) is 11.6 Å². The highest BCUT2D eigenvalue weighted by Gasteiger charge is 2.42. The second-order valence-corrected chi connectivity index (χ2v) is 12.4. The molecule has 0 saturated carbocycles. The lowest BCUT2D eigenvalue weighted by Gasteiger charge is -2.25. The molecule has 5 aromatic rings. The molecule has 0 bridgehead atoms. The summed E-state index contributed by atoms with van der Waals surface area (Å²) in [6.07, 6.45) is 0. The van der Waals surface area contributed by atoms with Crippen LogP contribution in [0.3, 0.4) is 0 Å². The summed E-state index contributed by atoms with van der Waals surface area (Å²) in [5, 5.41) is 14.6. The van der Waals surface area contributed by atoms with Crippen molar-refractivity contribution in [1.82, 2.24) is 4.57 Å². The van der Waals surface area contributed by atoms with Gasteiger partial charge in [-0.15, -0.1) is 11.6 Å². The van der Waals surface area contributed by atoms with Gasteiger partial charge in [0.15, 0.2) is 0 Å². The molecule has 0 amide bonds. The van der Waals surface area contributed by atoms with Gasteiger partial charge in [0.1, 0.15) is 23.2 Å². The zero-order valence-corrected chi connectivity index (χ0v) is 20.7. The molecule has 34 heavy (non-hydrogen) atoms. The molecule has 1 aromatic heterocycles. The first-order valence-corrected chi connectivity index (χ1v) is 14.1. The van der Waals surface area contributed by atoms with Crippen molar-refractivity contribution in [1.29, 1.82) is 5.26 Å². The molecule has 5 rings (SSSR count). The Bertz CT molecular complexity index is 1440. The zero-order chi connectivity index (χ0) is 23.5. The number of halogens is 1. The second kappa shape index (κ2) is 9.47. The summed E-state index contributed by atoms with van der Waals surface area (Å²) in [5.41, 5.74) is 4.06. The molecule has 0 aliphatic carbocycles. The van der Waals surface area contributed by atoms with Gasteiger partial charge in [-0.05, 0) is 54.6 Å². The third-order valence-electron chi connectivity index (χ3n) is 6.55. The van der Waals surface area contributed by atoms with Gasteiger partial charge in [0.2, 0.25) is 0 Å². The summed E-state index contributed by atoms with van der Waals surface area (Å²) >= 11 is 6.27. The van der Waals surface area contributed by atoms with Crippen LogP contribution in [-0.2, 0) is 6.54 Å². The number of benzene rings is 4. The van der Waals surface area contributed by atoms with Crippen LogP contribution < -0.4 is 15.9 Å². The van der Waals surface area contributed by atoms with Gasteiger partial charge < -0.3 is 4.57 Å². The van der Waals surface area contributed by atoms with Crippen LogP contribution in [0, 0.1) is 11.3 Å². The van der Waals surface area contributed by atoms with Gasteiger partial charge in [0.25, 0.3) is 0 Å². The number of nitriles is 1. The number of aryl methyl sites for hydroxylation is 1. The van der Waals surface area contributed by atoms with Gasteiger partial charge in [-0.25, -0.2) is 0 Å². The molecule has 1 heterocycles. The number of fused-ring (bicyclic) bond motifs is 1. The Hall–Kier alpha value is -3.37. The van der Waals surface area contributed by atoms with E-state index in [9.17, 15) is 5.26 Å². The Labute approximate surface area is 206 Å². The quantitative estimate of drug-likeness (QED) is 0.206. The maximum Gasteiger partial charge on any atom is 0.113 e. The highest BCUT2D eigenvalue weighted by atomic mass is 35.5. The predicted octanol–water partition coefficient (Wildman–Crippen LogP) is 6.34. The fraction of sp³-hybridized carbons (Fsp3) is 0.100. The van der Waals surface area contributed by atoms with Crippen molar-refractivity contribution in [3.05, 3.63) is 115 Å². The SMILES string of the molecule is C[P+](c1ccccc1)(c1ccccc1)c1ccccc1-c1cc2ccc(C#N)cc2n1CCCl. The van der Waals surface area contributed by atoms with Crippen LogP contribution in [0.5, 0.6) is 0 Å². The lowest BCUT2D eigenvalue weighted by Crippen LogP contribution is -2.31. The number of alkyl halides is 1. The minimum absolute atomic E-state index is 0.500. The third kappa shape index (κ3) is 3.82. The molecule has 0 aliphatic heterocycles. The Morgan fingerprint density at radius 3 is 2.03 bits per heavy atom. The third-order valence-corrected chi connectivity index (χ3v) is 10.7. The molecule has 166 valence electrons. The number of hydrogen-bond donors (Lipinski definition) is 0. The molecule has 0 spiro atoms. The van der Waals surface area contributed by atoms with Gasteiger partial charge in [-0.2, -0.15) is 5.26 Å². The Morgan fingerprint density at radius 2 is 1.41 bits per heavy atom. The van der Waals surface area contributed by atoms with Crippen molar-refractivity contribution in [2.75, 3.05) is 12.5 Å². The summed E-state index contributed by atoms with van der Waals surface area (Å²) < 4.78 is 2.27. The molecule has 0 aliphatic rings. The van der Waals surface area contributed by atoms with E-state index in [0.29, 0.717) is 18.0 Å². The van der Waals surface area contributed by atoms with Gasteiger partial charge in [0.05, 0.1) is 24.0 Å². The average molecular weight is 480 g/mol. The molecule has 0 atom stereocenters. The maximum absolute atomic E-state index is 9.46. The molecule has 0 N–H and O–H groups in total. The molecular weight excluding hydrogens is 455 g/mol. The summed E-state index contributed by atoms with van der Waals surface area (Å²) in [6.45, 7) is 3.09. The summed E-state index contributed by atoms with van der Waals surface area (Å²) in [7, 11) is -1.93. The summed E-state index contributed by atoms with van der Waals surface area (Å²) in [4.78, 5) is 0. The van der Waals surface area contributed by atoms with E-state index in [-0.39, 0.29) is 0 Å². The van der Waals surface area contributed by atoms with Gasteiger partial charge in [-0.1, -0.05) is 54.6 Å². The smallest absolute Gasteiger partial charge is 0.113 e. The highest BCUT2D eigenvalue weighted by Crippen LogP contribution is 2.53. The van der Waals surface area contributed by atoms with E-state index >= 15 is 0 Å². The van der Waals surface area contributed by atoms with E-state index in [1.165, 1.54) is 21.5 Å². The molecule has 4 aromatic carbocycles. The number of nitrogens with zero attached hydrogens (tertiary/aromatic N) is 2. The molecule has 0 fully saturated rings. The van der Waals surface area contributed by atoms with Crippen LogP contribution >= 0.6 is 18.9 Å². The Kier molecular flexibility index (Phi) is 6.25. The van der Waals surface area contributed by atoms with Gasteiger partial charge in [-0.3, -0.25) is 0 Å². The number of rotatable bonds is 6. The van der Waals surface area contributed by atoms with Crippen molar-refractivity contribution >= 4 is 45.7 Å². The highest BCUT2D eigenvalue weighted by molar-refractivity contribution is 7.95. The first-order chi connectivity index (χ1) is 16.7. The molecule has 0 unspecified atom stereocenters. The standard InChI is InChI=1S/C30H25ClN2P/c1-34(25-10-4-2-5-11-25,26-12-6-3-7-13-26)30-15-9-8-14-27(30)29-21-24-17-16-23(22-32)20-28(24)33(29)19-18-31/h2-17,20-21H,18-19H2,1H3/q+1. The normalized spacial score (nSPS) is 11.4. The molecule has 2 nitrogen and oxygen atoms in total. The maximum atomic E-state index is 9.46. The summed E-state index contributed by atoms with van der Waals surface area (Å²) in [5.74, 6) is 0.500. The lowest BCUT2D eigenvalue weighted by atomic mass is 10.1. The molecule has 0 radical (unpaired) electrons. The van der Waals surface area contributed by atoms with Crippen LogP contribution in [0.2, 0.25) is 0 Å². The molecule has 0 saturated heterocycles. The van der Waals surface area contributed by atoms with E-state index in [2.05, 4.69) is 108 Å². The Balaban J connectivity index is 1.82. The van der Waals surface area contributed by atoms with Crippen molar-refractivity contribution < 1.29 is 0 Å². The minimum Gasteiger partial charge on any atom is -0.339 e. The van der Waals surface area contributed by atoms with E-state index in [0.717, 1.165) is 16.6 Å². The van der Waals surface area contributed by atoms with Crippen LogP contribution in [0.1, 0.15) is 5.56 Å². The molecule has 4 heteroatoms. The summed E-state index contributed by atoms with van der Waals surface area (Å²) in [6, 6.07) is 40.9. The van der Waals surface area contributed by atoms with Crippen LogP contribution in [0.4, 0.5) is 0 Å². The van der Waals surface area contributed by atoms with Crippen molar-refractivity contribution in [2.45, 2.75) is 6.54 Å². The number of hydrogen-bond acceptors (Lipinski definition) is 1. The van der Waals surface area contributed by atoms with Gasteiger partial charge >= 0.3 is 0 Å². The number of aromatic nitrogens is 1. The minimum atomic E-state index is -1.93. The predicted molar refractivity (Wildman–Crippen MR) is 147 cm³/mol. The van der Waals surface area contributed by atoms with E-state index in [1.807, 2.05) is 18.2 Å². The Morgan fingerprint density at radius 1 is 0.794 bits per heavy atom.